The van der Waals surface area contributed by atoms with Crippen molar-refractivity contribution in [3.05, 3.63) is 0 Å². The Balaban J connectivity index is 6.91. The van der Waals surface area contributed by atoms with Gasteiger partial charge in [-0.1, -0.05) is 0 Å². The maximum atomic E-state index is 14.2. The molecule has 0 spiro atoms. The molecule has 268 valence electrons. The van der Waals surface area contributed by atoms with E-state index in [4.69, 9.17) is 0 Å². The van der Waals surface area contributed by atoms with E-state index in [-0.39, 0.29) is 14.2 Å². The Hall–Kier alpha value is -2.60. The molecule has 4 nitrogen and oxygen atoms in total. The Morgan fingerprint density at radius 1 is 0.378 bits per heavy atom. The lowest BCUT2D eigenvalue weighted by Gasteiger charge is -2.40. The molecule has 0 heterocycles. The second-order valence-corrected chi connectivity index (χ2v) is 8.92. The number of carbonyl (C=O) groups excluding carboxylic acids is 2. The highest BCUT2D eigenvalue weighted by Crippen LogP contribution is 2.61. The van der Waals surface area contributed by atoms with Crippen LogP contribution in [0.15, 0.2) is 0 Å². The van der Waals surface area contributed by atoms with Crippen LogP contribution in [0, 0.1) is 5.41 Å². The normalized spacial score (nSPS) is 15.6. The molecule has 0 rings (SSSR count). The van der Waals surface area contributed by atoms with Crippen LogP contribution in [0.2, 0.25) is 0 Å². The SMILES string of the molecule is COC(=O)C(CCC(F)(F)C(F)(F)C(F)(F)C(F)(F)F)(CCC(F)(F)C(F)(F)C(F)(F)C(F)(F)C(F)(F)C(F)(F)F)C(=O)OC. The zero-order valence-corrected chi connectivity index (χ0v) is 21.3. The third kappa shape index (κ3) is 6.50. The van der Waals surface area contributed by atoms with Gasteiger partial charge in [0.25, 0.3) is 0 Å². The van der Waals surface area contributed by atoms with E-state index in [1.54, 1.807) is 0 Å². The number of rotatable bonds is 14. The van der Waals surface area contributed by atoms with Gasteiger partial charge in [-0.2, -0.15) is 96.6 Å². The number of methoxy groups -OCH3 is 2. The third-order valence-corrected chi connectivity index (χ3v) is 6.09. The van der Waals surface area contributed by atoms with Gasteiger partial charge in [-0.3, -0.25) is 9.59 Å². The maximum Gasteiger partial charge on any atom is 0.460 e. The minimum absolute atomic E-state index is 0.0469. The Bertz CT molecular complexity index is 1060. The Morgan fingerprint density at radius 2 is 0.600 bits per heavy atom. The predicted molar refractivity (Wildman–Crippen MR) is 96.6 cm³/mol. The van der Waals surface area contributed by atoms with Gasteiger partial charge in [0.05, 0.1) is 14.2 Å². The maximum absolute atomic E-state index is 14.2. The molecule has 0 aliphatic rings. The van der Waals surface area contributed by atoms with Crippen molar-refractivity contribution in [2.75, 3.05) is 14.2 Å². The lowest BCUT2D eigenvalue weighted by Crippen LogP contribution is -2.70. The van der Waals surface area contributed by atoms with Crippen LogP contribution in [0.4, 0.5) is 96.6 Å². The molecular weight excluding hydrogens is 710 g/mol. The van der Waals surface area contributed by atoms with Crippen LogP contribution in [0.1, 0.15) is 25.7 Å². The molecule has 0 bridgehead atoms. The van der Waals surface area contributed by atoms with Gasteiger partial charge in [-0.25, -0.2) is 0 Å². The molecule has 26 heteroatoms. The average molecular weight is 724 g/mol. The van der Waals surface area contributed by atoms with Gasteiger partial charge >= 0.3 is 71.7 Å². The zero-order valence-electron chi connectivity index (χ0n) is 21.3. The first-order chi connectivity index (χ1) is 19.4. The van der Waals surface area contributed by atoms with E-state index in [2.05, 4.69) is 9.47 Å². The lowest BCUT2D eigenvalue weighted by atomic mass is 9.75. The molecule has 0 radical (unpaired) electrons. The molecule has 45 heavy (non-hydrogen) atoms. The van der Waals surface area contributed by atoms with Gasteiger partial charge < -0.3 is 9.47 Å². The van der Waals surface area contributed by atoms with Gasteiger partial charge in [-0.15, -0.1) is 0 Å². The second kappa shape index (κ2) is 11.9. The van der Waals surface area contributed by atoms with Crippen LogP contribution in [-0.2, 0) is 19.1 Å². The number of hydrogen-bond acceptors (Lipinski definition) is 4. The number of alkyl halides is 22. The summed E-state index contributed by atoms with van der Waals surface area (Å²) in [6.07, 6.45) is -27.6. The Labute approximate surface area is 234 Å². The number of carbonyl (C=O) groups is 2. The van der Waals surface area contributed by atoms with Crippen molar-refractivity contribution in [3.63, 3.8) is 0 Å². The van der Waals surface area contributed by atoms with Crippen molar-refractivity contribution in [2.24, 2.45) is 5.41 Å². The van der Waals surface area contributed by atoms with E-state index in [0.717, 1.165) is 0 Å². The number of esters is 2. The zero-order chi connectivity index (χ0) is 36.9. The monoisotopic (exact) mass is 724 g/mol. The second-order valence-electron chi connectivity index (χ2n) is 8.92. The molecule has 0 aliphatic carbocycles. The molecule has 0 aromatic rings. The molecule has 0 aromatic carbocycles. The minimum atomic E-state index is -8.41. The quantitative estimate of drug-likeness (QED) is 0.103. The first-order valence-corrected chi connectivity index (χ1v) is 10.7. The summed E-state index contributed by atoms with van der Waals surface area (Å²) in [6.45, 7) is 0. The largest absolute Gasteiger partial charge is 0.468 e. The summed E-state index contributed by atoms with van der Waals surface area (Å²) in [7, 11) is 0.0937. The van der Waals surface area contributed by atoms with Crippen molar-refractivity contribution in [1.29, 1.82) is 0 Å². The molecule has 0 N–H and O–H groups in total. The lowest BCUT2D eigenvalue weighted by molar-refractivity contribution is -0.440. The Morgan fingerprint density at radius 3 is 0.844 bits per heavy atom. The van der Waals surface area contributed by atoms with Crippen molar-refractivity contribution < 1.29 is 116 Å². The summed E-state index contributed by atoms with van der Waals surface area (Å²) in [5, 5.41) is 0. The fourth-order valence-electron chi connectivity index (χ4n) is 3.27. The van der Waals surface area contributed by atoms with E-state index in [1.165, 1.54) is 0 Å². The van der Waals surface area contributed by atoms with E-state index < -0.39 is 103 Å². The number of hydrogen-bond donors (Lipinski definition) is 0. The summed E-state index contributed by atoms with van der Waals surface area (Å²) in [5.74, 6) is -67.3. The highest BCUT2D eigenvalue weighted by atomic mass is 19.4. The van der Waals surface area contributed by atoms with Crippen molar-refractivity contribution >= 4 is 11.9 Å². The molecule has 0 fully saturated rings. The van der Waals surface area contributed by atoms with Crippen LogP contribution in [-0.4, -0.2) is 85.9 Å². The fraction of sp³-hybridized carbons (Fsp3) is 0.895. The van der Waals surface area contributed by atoms with Crippen LogP contribution in [0.25, 0.3) is 0 Å². The number of halogens is 22. The molecule has 0 atom stereocenters. The molecule has 0 saturated carbocycles. The fourth-order valence-corrected chi connectivity index (χ4v) is 3.27. The van der Waals surface area contributed by atoms with Gasteiger partial charge in [0.15, 0.2) is 5.41 Å². The van der Waals surface area contributed by atoms with E-state index in [0.29, 0.717) is 0 Å². The molecule has 0 unspecified atom stereocenters. The van der Waals surface area contributed by atoms with Crippen LogP contribution in [0.3, 0.4) is 0 Å². The van der Waals surface area contributed by atoms with Crippen molar-refractivity contribution in [1.82, 2.24) is 0 Å². The summed E-state index contributed by atoms with van der Waals surface area (Å²) in [5.41, 5.74) is -4.29. The van der Waals surface area contributed by atoms with Gasteiger partial charge in [0.2, 0.25) is 0 Å². The molecular formula is C19H14F22O4. The highest BCUT2D eigenvalue weighted by Gasteiger charge is 2.90. The summed E-state index contributed by atoms with van der Waals surface area (Å²) in [4.78, 5) is 24.2. The first-order valence-electron chi connectivity index (χ1n) is 10.7. The first kappa shape index (κ1) is 42.4. The van der Waals surface area contributed by atoms with E-state index >= 15 is 0 Å². The van der Waals surface area contributed by atoms with Crippen molar-refractivity contribution in [3.8, 4) is 0 Å². The standard InChI is InChI=1S/C19H14F22O4/c1-44-7(42)9(8(43)45-2,4-6-11(22,23)13(26,27)16(32,33)18(36,37)38)3-5-10(20,21)12(24,25)14(28,29)15(30,31)17(34,35)19(39,40)41/h3-6H2,1-2H3. The smallest absolute Gasteiger partial charge is 0.460 e. The summed E-state index contributed by atoms with van der Waals surface area (Å²) >= 11 is 0. The van der Waals surface area contributed by atoms with Gasteiger partial charge in [0, 0.05) is 12.8 Å². The van der Waals surface area contributed by atoms with E-state index in [1.807, 2.05) is 0 Å². The molecule has 0 saturated heterocycles. The van der Waals surface area contributed by atoms with Crippen LogP contribution >= 0.6 is 0 Å². The summed E-state index contributed by atoms with van der Waals surface area (Å²) < 4.78 is 299. The van der Waals surface area contributed by atoms with Gasteiger partial charge in [0.1, 0.15) is 0 Å². The molecule has 0 amide bonds. The number of ether oxygens (including phenoxy) is 2. The molecule has 0 aromatic heterocycles. The Kier molecular flexibility index (Phi) is 11.2. The minimum Gasteiger partial charge on any atom is -0.468 e. The average Bonchev–Trinajstić information content (AvgIpc) is 2.85. The highest BCUT2D eigenvalue weighted by molar-refractivity contribution is 6.00. The molecule has 0 aliphatic heterocycles. The van der Waals surface area contributed by atoms with Crippen LogP contribution in [0.5, 0.6) is 0 Å². The topological polar surface area (TPSA) is 52.6 Å². The van der Waals surface area contributed by atoms with Crippen molar-refractivity contribution in [2.45, 2.75) is 85.4 Å². The predicted octanol–water partition coefficient (Wildman–Crippen LogP) is 8.09. The third-order valence-electron chi connectivity index (χ3n) is 6.09. The summed E-state index contributed by atoms with van der Waals surface area (Å²) in [6, 6.07) is 0. The van der Waals surface area contributed by atoms with Crippen LogP contribution < -0.4 is 0 Å². The van der Waals surface area contributed by atoms with E-state index in [9.17, 15) is 106 Å². The van der Waals surface area contributed by atoms with Gasteiger partial charge in [-0.05, 0) is 12.8 Å².